The third-order valence-electron chi connectivity index (χ3n) is 7.94. The van der Waals surface area contributed by atoms with E-state index in [2.05, 4.69) is 50.2 Å². The third kappa shape index (κ3) is 5.37. The van der Waals surface area contributed by atoms with Gasteiger partial charge in [0, 0.05) is 55.6 Å². The Balaban J connectivity index is 1.27. The van der Waals surface area contributed by atoms with E-state index in [-0.39, 0.29) is 6.10 Å². The highest BCUT2D eigenvalue weighted by molar-refractivity contribution is 5.94. The van der Waals surface area contributed by atoms with Crippen LogP contribution in [0.4, 0.5) is 5.95 Å². The lowest BCUT2D eigenvalue weighted by Gasteiger charge is -2.27. The second-order valence-electron chi connectivity index (χ2n) is 10.6. The summed E-state index contributed by atoms with van der Waals surface area (Å²) in [5.74, 6) is 1.61. The van der Waals surface area contributed by atoms with E-state index < -0.39 is 0 Å². The Hall–Kier alpha value is -2.48. The van der Waals surface area contributed by atoms with Crippen molar-refractivity contribution in [2.45, 2.75) is 63.6 Å². The van der Waals surface area contributed by atoms with Crippen molar-refractivity contribution in [3.63, 3.8) is 0 Å². The molecule has 0 radical (unpaired) electrons. The summed E-state index contributed by atoms with van der Waals surface area (Å²) >= 11 is 0. The molecule has 0 atom stereocenters. The third-order valence-corrected chi connectivity index (χ3v) is 7.94. The molecule has 2 aliphatic carbocycles. The summed E-state index contributed by atoms with van der Waals surface area (Å²) in [4.78, 5) is 12.1. The maximum atomic E-state index is 10.0. The second kappa shape index (κ2) is 10.2. The van der Waals surface area contributed by atoms with E-state index >= 15 is 0 Å². The molecule has 186 valence electrons. The predicted molar refractivity (Wildman–Crippen MR) is 138 cm³/mol. The van der Waals surface area contributed by atoms with Crippen LogP contribution >= 0.6 is 0 Å². The first-order chi connectivity index (χ1) is 17.2. The van der Waals surface area contributed by atoms with Gasteiger partial charge in [0.05, 0.1) is 19.3 Å². The largest absolute Gasteiger partial charge is 0.393 e. The van der Waals surface area contributed by atoms with Crippen molar-refractivity contribution in [2.24, 2.45) is 5.92 Å². The van der Waals surface area contributed by atoms with Gasteiger partial charge in [0.25, 0.3) is 0 Å². The van der Waals surface area contributed by atoms with E-state index in [9.17, 15) is 5.11 Å². The first kappa shape index (κ1) is 23.0. The van der Waals surface area contributed by atoms with Crippen LogP contribution in [0.3, 0.4) is 0 Å². The number of anilines is 1. The molecule has 3 aliphatic rings. The molecule has 0 amide bonds. The minimum Gasteiger partial charge on any atom is -0.393 e. The maximum Gasteiger partial charge on any atom is 0.224 e. The lowest BCUT2D eigenvalue weighted by atomic mass is 9.93. The Bertz CT molecular complexity index is 1130. The number of ether oxygens (including phenoxy) is 1. The van der Waals surface area contributed by atoms with Crippen LogP contribution in [-0.2, 0) is 11.3 Å². The van der Waals surface area contributed by atoms with Gasteiger partial charge in [-0.1, -0.05) is 37.1 Å². The SMILES string of the molecule is O[C@H]1CC[C@H](n2cc(-c3ccc(CN4CCOCC4)cc3)c3cnc(NCCC4CC4)nc32)CC1. The molecule has 2 saturated carbocycles. The molecule has 7 nitrogen and oxygen atoms in total. The molecule has 7 heteroatoms. The summed E-state index contributed by atoms with van der Waals surface area (Å²) in [6, 6.07) is 9.34. The zero-order valence-electron chi connectivity index (χ0n) is 20.5. The number of aromatic nitrogens is 3. The standard InChI is InChI=1S/C28H37N5O2/c34-24-9-7-23(8-10-24)33-19-26(22-5-3-21(4-6-22)18-32-13-15-35-16-14-32)25-17-30-28(31-27(25)33)29-12-11-20-1-2-20/h3-6,17,19-20,23-24,34H,1-2,7-16,18H2,(H,29,30,31)/t23-,24-. The van der Waals surface area contributed by atoms with Crippen molar-refractivity contribution in [2.75, 3.05) is 38.2 Å². The molecule has 2 aromatic heterocycles. The van der Waals surface area contributed by atoms with Crippen LogP contribution in [0.2, 0.25) is 0 Å². The van der Waals surface area contributed by atoms with Crippen molar-refractivity contribution in [1.29, 1.82) is 0 Å². The van der Waals surface area contributed by atoms with Crippen LogP contribution in [0.1, 0.15) is 56.6 Å². The number of morpholine rings is 1. The summed E-state index contributed by atoms with van der Waals surface area (Å²) < 4.78 is 7.84. The highest BCUT2D eigenvalue weighted by Crippen LogP contribution is 2.37. The topological polar surface area (TPSA) is 75.4 Å². The van der Waals surface area contributed by atoms with E-state index in [1.165, 1.54) is 36.0 Å². The first-order valence-corrected chi connectivity index (χ1v) is 13.4. The molecule has 0 spiro atoms. The highest BCUT2D eigenvalue weighted by atomic mass is 16.5. The summed E-state index contributed by atoms with van der Waals surface area (Å²) in [5.41, 5.74) is 4.73. The maximum absolute atomic E-state index is 10.0. The Kier molecular flexibility index (Phi) is 6.72. The minimum absolute atomic E-state index is 0.166. The van der Waals surface area contributed by atoms with E-state index in [0.717, 1.165) is 88.0 Å². The minimum atomic E-state index is -0.166. The normalized spacial score (nSPS) is 23.6. The zero-order chi connectivity index (χ0) is 23.6. The number of rotatable bonds is 8. The van der Waals surface area contributed by atoms with Crippen LogP contribution in [0.25, 0.3) is 22.2 Å². The van der Waals surface area contributed by atoms with Crippen molar-refractivity contribution < 1.29 is 9.84 Å². The van der Waals surface area contributed by atoms with Crippen LogP contribution < -0.4 is 5.32 Å². The van der Waals surface area contributed by atoms with Gasteiger partial charge in [-0.3, -0.25) is 4.90 Å². The molecule has 2 N–H and O–H groups in total. The fourth-order valence-corrected chi connectivity index (χ4v) is 5.56. The van der Waals surface area contributed by atoms with E-state index in [1.54, 1.807) is 0 Å². The van der Waals surface area contributed by atoms with Crippen molar-refractivity contribution >= 4 is 17.0 Å². The van der Waals surface area contributed by atoms with E-state index in [4.69, 9.17) is 9.72 Å². The van der Waals surface area contributed by atoms with Crippen molar-refractivity contribution in [3.05, 3.63) is 42.2 Å². The Morgan fingerprint density at radius 1 is 1.00 bits per heavy atom. The van der Waals surface area contributed by atoms with Gasteiger partial charge in [0.2, 0.25) is 5.95 Å². The van der Waals surface area contributed by atoms with Gasteiger partial charge in [-0.2, -0.15) is 4.98 Å². The highest BCUT2D eigenvalue weighted by Gasteiger charge is 2.25. The van der Waals surface area contributed by atoms with Crippen LogP contribution in [0.5, 0.6) is 0 Å². The monoisotopic (exact) mass is 475 g/mol. The predicted octanol–water partition coefficient (Wildman–Crippen LogP) is 4.62. The fourth-order valence-electron chi connectivity index (χ4n) is 5.56. The number of hydrogen-bond acceptors (Lipinski definition) is 6. The molecule has 3 aromatic rings. The molecule has 0 bridgehead atoms. The van der Waals surface area contributed by atoms with Gasteiger partial charge in [0.15, 0.2) is 0 Å². The van der Waals surface area contributed by atoms with Crippen LogP contribution in [0.15, 0.2) is 36.7 Å². The molecule has 3 heterocycles. The summed E-state index contributed by atoms with van der Waals surface area (Å²) in [6.45, 7) is 5.55. The van der Waals surface area contributed by atoms with Gasteiger partial charge < -0.3 is 19.7 Å². The second-order valence-corrected chi connectivity index (χ2v) is 10.6. The molecule has 3 fully saturated rings. The average Bonchev–Trinajstić information content (AvgIpc) is 3.64. The van der Waals surface area contributed by atoms with Crippen LogP contribution in [0, 0.1) is 5.92 Å². The Morgan fingerprint density at radius 3 is 2.51 bits per heavy atom. The van der Waals surface area contributed by atoms with Crippen molar-refractivity contribution in [1.82, 2.24) is 19.4 Å². The Labute approximate surface area is 207 Å². The molecule has 0 unspecified atom stereocenters. The summed E-state index contributed by atoms with van der Waals surface area (Å²) in [7, 11) is 0. The molecular formula is C28H37N5O2. The van der Waals surface area contributed by atoms with Gasteiger partial charge >= 0.3 is 0 Å². The molecule has 6 rings (SSSR count). The summed E-state index contributed by atoms with van der Waals surface area (Å²) in [5, 5.41) is 14.6. The van der Waals surface area contributed by atoms with Crippen LogP contribution in [-0.4, -0.2) is 63.5 Å². The smallest absolute Gasteiger partial charge is 0.224 e. The van der Waals surface area contributed by atoms with Gasteiger partial charge in [-0.25, -0.2) is 4.98 Å². The zero-order valence-corrected chi connectivity index (χ0v) is 20.5. The molecule has 1 saturated heterocycles. The van der Waals surface area contributed by atoms with Gasteiger partial charge in [-0.15, -0.1) is 0 Å². The molecule has 1 aromatic carbocycles. The summed E-state index contributed by atoms with van der Waals surface area (Å²) in [6.07, 6.45) is 11.7. The van der Waals surface area contributed by atoms with Gasteiger partial charge in [-0.05, 0) is 49.1 Å². The molecule has 35 heavy (non-hydrogen) atoms. The number of benzene rings is 1. The fraction of sp³-hybridized carbons (Fsp3) is 0.571. The number of nitrogens with zero attached hydrogens (tertiary/aromatic N) is 4. The van der Waals surface area contributed by atoms with Gasteiger partial charge in [0.1, 0.15) is 5.65 Å². The first-order valence-electron chi connectivity index (χ1n) is 13.4. The van der Waals surface area contributed by atoms with E-state index in [1.807, 2.05) is 6.20 Å². The lowest BCUT2D eigenvalue weighted by Crippen LogP contribution is -2.35. The Morgan fingerprint density at radius 2 is 1.77 bits per heavy atom. The quantitative estimate of drug-likeness (QED) is 0.495. The molecular weight excluding hydrogens is 438 g/mol. The number of nitrogens with one attached hydrogen (secondary N) is 1. The lowest BCUT2D eigenvalue weighted by molar-refractivity contribution is 0.0342. The van der Waals surface area contributed by atoms with E-state index in [0.29, 0.717) is 6.04 Å². The number of aliphatic hydroxyl groups is 1. The molecule has 1 aliphatic heterocycles. The number of fused-ring (bicyclic) bond motifs is 1. The van der Waals surface area contributed by atoms with Crippen molar-refractivity contribution in [3.8, 4) is 11.1 Å². The number of aliphatic hydroxyl groups excluding tert-OH is 1. The number of hydrogen-bond donors (Lipinski definition) is 2. The average molecular weight is 476 g/mol.